The van der Waals surface area contributed by atoms with Gasteiger partial charge in [0.25, 0.3) is 0 Å². The number of thioether (sulfide) groups is 1. The third-order valence-electron chi connectivity index (χ3n) is 3.10. The zero-order chi connectivity index (χ0) is 16.3. The fourth-order valence-corrected chi connectivity index (χ4v) is 2.95. The lowest BCUT2D eigenvalue weighted by Crippen LogP contribution is -2.43. The lowest BCUT2D eigenvalue weighted by atomic mass is 9.94. The summed E-state index contributed by atoms with van der Waals surface area (Å²) < 4.78 is 0. The number of carbonyl (C=O) groups excluding carboxylic acids is 1. The number of urea groups is 1. The Balaban J connectivity index is 4.02. The predicted molar refractivity (Wildman–Crippen MR) is 88.8 cm³/mol. The molecular weight excluding hydrogens is 288 g/mol. The normalized spacial score (nSPS) is 13.8. The van der Waals surface area contributed by atoms with Crippen LogP contribution in [0.2, 0.25) is 0 Å². The summed E-state index contributed by atoms with van der Waals surface area (Å²) in [5.41, 5.74) is 0. The van der Waals surface area contributed by atoms with Crippen LogP contribution in [0.25, 0.3) is 0 Å². The van der Waals surface area contributed by atoms with E-state index in [2.05, 4.69) is 31.4 Å². The van der Waals surface area contributed by atoms with Crippen LogP contribution in [-0.4, -0.2) is 41.2 Å². The summed E-state index contributed by atoms with van der Waals surface area (Å²) in [5, 5.41) is 14.6. The van der Waals surface area contributed by atoms with E-state index < -0.39 is 5.97 Å². The molecule has 21 heavy (non-hydrogen) atoms. The van der Waals surface area contributed by atoms with Crippen LogP contribution in [0.15, 0.2) is 0 Å². The van der Waals surface area contributed by atoms with Crippen molar-refractivity contribution < 1.29 is 14.7 Å². The largest absolute Gasteiger partial charge is 0.481 e. The van der Waals surface area contributed by atoms with Crippen molar-refractivity contribution in [3.05, 3.63) is 0 Å². The van der Waals surface area contributed by atoms with Crippen molar-refractivity contribution in [3.63, 3.8) is 0 Å². The molecule has 6 heteroatoms. The Kier molecular flexibility index (Phi) is 11.2. The monoisotopic (exact) mass is 318 g/mol. The fourth-order valence-electron chi connectivity index (χ4n) is 2.14. The molecule has 0 aromatic heterocycles. The first-order valence-corrected chi connectivity index (χ1v) is 8.84. The van der Waals surface area contributed by atoms with Gasteiger partial charge in [-0.2, -0.15) is 11.8 Å². The Morgan fingerprint density at radius 3 is 2.43 bits per heavy atom. The minimum Gasteiger partial charge on any atom is -0.481 e. The van der Waals surface area contributed by atoms with Crippen LogP contribution >= 0.6 is 11.8 Å². The molecule has 1 unspecified atom stereocenters. The molecule has 0 rings (SSSR count). The molecule has 0 aliphatic heterocycles. The van der Waals surface area contributed by atoms with E-state index in [0.29, 0.717) is 12.5 Å². The van der Waals surface area contributed by atoms with Gasteiger partial charge in [-0.25, -0.2) is 4.79 Å². The Morgan fingerprint density at radius 2 is 1.90 bits per heavy atom. The maximum absolute atomic E-state index is 11.8. The second kappa shape index (κ2) is 11.7. The number of carboxylic acids is 1. The van der Waals surface area contributed by atoms with Gasteiger partial charge in [-0.15, -0.1) is 0 Å². The van der Waals surface area contributed by atoms with Gasteiger partial charge >= 0.3 is 12.0 Å². The van der Waals surface area contributed by atoms with E-state index in [9.17, 15) is 9.59 Å². The number of hydrogen-bond acceptors (Lipinski definition) is 3. The zero-order valence-corrected chi connectivity index (χ0v) is 14.5. The van der Waals surface area contributed by atoms with Gasteiger partial charge in [0, 0.05) is 19.0 Å². The summed E-state index contributed by atoms with van der Waals surface area (Å²) in [6.07, 6.45) is 1.84. The molecule has 0 heterocycles. The van der Waals surface area contributed by atoms with E-state index in [0.717, 1.165) is 24.3 Å². The van der Waals surface area contributed by atoms with Crippen LogP contribution in [0, 0.1) is 11.8 Å². The number of amides is 2. The molecule has 0 fully saturated rings. The maximum atomic E-state index is 11.8. The Bertz CT molecular complexity index is 311. The molecule has 124 valence electrons. The summed E-state index contributed by atoms with van der Waals surface area (Å²) in [6.45, 7) is 8.63. The molecule has 0 saturated carbocycles. The van der Waals surface area contributed by atoms with Gasteiger partial charge in [-0.3, -0.25) is 4.79 Å². The SMILES string of the molecule is CCSCCC(C)NC(=O)NC[C@H](CC(=O)O)CC(C)C. The molecule has 0 spiro atoms. The Hall–Kier alpha value is -0.910. The number of carboxylic acid groups (broad SMARTS) is 1. The first kappa shape index (κ1) is 20.1. The zero-order valence-electron chi connectivity index (χ0n) is 13.6. The van der Waals surface area contributed by atoms with Crippen molar-refractivity contribution in [2.75, 3.05) is 18.1 Å². The third-order valence-corrected chi connectivity index (χ3v) is 4.03. The number of rotatable bonds is 11. The molecule has 0 radical (unpaired) electrons. The van der Waals surface area contributed by atoms with E-state index in [1.54, 1.807) is 0 Å². The summed E-state index contributed by atoms with van der Waals surface area (Å²) in [7, 11) is 0. The smallest absolute Gasteiger partial charge is 0.315 e. The molecule has 0 bridgehead atoms. The highest BCUT2D eigenvalue weighted by Crippen LogP contribution is 2.14. The molecule has 2 atom stereocenters. The van der Waals surface area contributed by atoms with Crippen LogP contribution in [-0.2, 0) is 4.79 Å². The highest BCUT2D eigenvalue weighted by Gasteiger charge is 2.16. The van der Waals surface area contributed by atoms with Crippen molar-refractivity contribution >= 4 is 23.8 Å². The lowest BCUT2D eigenvalue weighted by molar-refractivity contribution is -0.138. The Labute approximate surface area is 132 Å². The highest BCUT2D eigenvalue weighted by molar-refractivity contribution is 7.99. The minimum absolute atomic E-state index is 0.0146. The number of aliphatic carboxylic acids is 1. The van der Waals surface area contributed by atoms with Gasteiger partial charge in [0.2, 0.25) is 0 Å². The van der Waals surface area contributed by atoms with Gasteiger partial charge in [-0.05, 0) is 43.1 Å². The highest BCUT2D eigenvalue weighted by atomic mass is 32.2. The van der Waals surface area contributed by atoms with E-state index in [1.165, 1.54) is 0 Å². The average molecular weight is 318 g/mol. The average Bonchev–Trinajstić information content (AvgIpc) is 2.35. The van der Waals surface area contributed by atoms with Crippen LogP contribution < -0.4 is 10.6 Å². The van der Waals surface area contributed by atoms with Gasteiger partial charge in [0.15, 0.2) is 0 Å². The third kappa shape index (κ3) is 12.5. The molecule has 0 aliphatic rings. The second-order valence-corrected chi connectivity index (χ2v) is 7.23. The van der Waals surface area contributed by atoms with Gasteiger partial charge in [0.1, 0.15) is 0 Å². The van der Waals surface area contributed by atoms with Crippen molar-refractivity contribution in [1.82, 2.24) is 10.6 Å². The van der Waals surface area contributed by atoms with E-state index in [1.807, 2.05) is 18.7 Å². The first-order chi connectivity index (χ1) is 9.85. The van der Waals surface area contributed by atoms with Gasteiger partial charge < -0.3 is 15.7 Å². The quantitative estimate of drug-likeness (QED) is 0.512. The molecule has 0 aromatic rings. The molecule has 0 aromatic carbocycles. The Morgan fingerprint density at radius 1 is 1.24 bits per heavy atom. The van der Waals surface area contributed by atoms with Crippen molar-refractivity contribution in [2.45, 2.75) is 53.0 Å². The first-order valence-electron chi connectivity index (χ1n) is 7.69. The minimum atomic E-state index is -0.812. The van der Waals surface area contributed by atoms with E-state index in [4.69, 9.17) is 5.11 Å². The molecule has 5 nitrogen and oxygen atoms in total. The van der Waals surface area contributed by atoms with E-state index >= 15 is 0 Å². The number of carbonyl (C=O) groups is 2. The van der Waals surface area contributed by atoms with Gasteiger partial charge in [0.05, 0.1) is 0 Å². The van der Waals surface area contributed by atoms with Crippen LogP contribution in [0.3, 0.4) is 0 Å². The second-order valence-electron chi connectivity index (χ2n) is 5.83. The van der Waals surface area contributed by atoms with Crippen LogP contribution in [0.5, 0.6) is 0 Å². The van der Waals surface area contributed by atoms with Crippen LogP contribution in [0.1, 0.15) is 47.0 Å². The topological polar surface area (TPSA) is 78.4 Å². The predicted octanol–water partition coefficient (Wildman–Crippen LogP) is 2.95. The summed E-state index contributed by atoms with van der Waals surface area (Å²) in [6, 6.07) is -0.0739. The maximum Gasteiger partial charge on any atom is 0.315 e. The lowest BCUT2D eigenvalue weighted by Gasteiger charge is -2.19. The summed E-state index contributed by atoms with van der Waals surface area (Å²) in [4.78, 5) is 22.6. The molecular formula is C15H30N2O3S. The van der Waals surface area contributed by atoms with Crippen molar-refractivity contribution in [3.8, 4) is 0 Å². The van der Waals surface area contributed by atoms with Gasteiger partial charge in [-0.1, -0.05) is 20.8 Å². The van der Waals surface area contributed by atoms with Crippen molar-refractivity contribution in [2.24, 2.45) is 11.8 Å². The molecule has 0 saturated heterocycles. The summed E-state index contributed by atoms with van der Waals surface area (Å²) in [5.74, 6) is 1.72. The molecule has 0 aliphatic carbocycles. The molecule has 3 N–H and O–H groups in total. The standard InChI is InChI=1S/C15H30N2O3S/c1-5-21-7-6-12(4)17-15(20)16-10-13(8-11(2)3)9-14(18)19/h11-13H,5-10H2,1-4H3,(H,18,19)(H2,16,17,20)/t12?,13-/m0/s1. The van der Waals surface area contributed by atoms with Crippen molar-refractivity contribution in [1.29, 1.82) is 0 Å². The van der Waals surface area contributed by atoms with Crippen LogP contribution in [0.4, 0.5) is 4.79 Å². The number of nitrogens with one attached hydrogen (secondary N) is 2. The molecule has 2 amide bonds. The summed E-state index contributed by atoms with van der Waals surface area (Å²) >= 11 is 1.86. The fraction of sp³-hybridized carbons (Fsp3) is 0.867. The van der Waals surface area contributed by atoms with E-state index in [-0.39, 0.29) is 24.4 Å². The number of hydrogen-bond donors (Lipinski definition) is 3.